The third-order valence-electron chi connectivity index (χ3n) is 5.41. The molecule has 1 aromatic carbocycles. The number of aromatic nitrogens is 2. The van der Waals surface area contributed by atoms with E-state index in [-0.39, 0.29) is 5.03 Å². The molecule has 0 atom stereocenters. The van der Waals surface area contributed by atoms with Crippen LogP contribution in [0.1, 0.15) is 35.7 Å². The van der Waals surface area contributed by atoms with E-state index in [2.05, 4.69) is 21.2 Å². The number of nitrogens with one attached hydrogen (secondary N) is 2. The van der Waals surface area contributed by atoms with E-state index in [9.17, 15) is 13.2 Å². The molecule has 2 N–H and O–H groups in total. The first kappa shape index (κ1) is 20.7. The summed E-state index contributed by atoms with van der Waals surface area (Å²) in [5.74, 6) is 0.659. The Morgan fingerprint density at radius 3 is 2.77 bits per heavy atom. The van der Waals surface area contributed by atoms with E-state index in [0.717, 1.165) is 42.5 Å². The number of ether oxygens (including phenoxy) is 1. The summed E-state index contributed by atoms with van der Waals surface area (Å²) in [5, 5.41) is 6.73. The van der Waals surface area contributed by atoms with Crippen LogP contribution in [0.3, 0.4) is 0 Å². The topological polar surface area (TPSA) is 106 Å². The number of hydrogen-bond donors (Lipinski definition) is 2. The van der Waals surface area contributed by atoms with Gasteiger partial charge in [-0.1, -0.05) is 6.07 Å². The van der Waals surface area contributed by atoms with Gasteiger partial charge >= 0.3 is 6.03 Å². The van der Waals surface area contributed by atoms with Crippen LogP contribution in [0.25, 0.3) is 0 Å². The molecule has 162 valence electrons. The predicted molar refractivity (Wildman–Crippen MR) is 112 cm³/mol. The van der Waals surface area contributed by atoms with Crippen LogP contribution in [-0.4, -0.2) is 49.8 Å². The van der Waals surface area contributed by atoms with Crippen molar-refractivity contribution in [3.63, 3.8) is 0 Å². The zero-order chi connectivity index (χ0) is 21.5. The molecular weight excluding hydrogens is 406 g/mol. The molecule has 0 fully saturated rings. The minimum absolute atomic E-state index is 0.170. The summed E-state index contributed by atoms with van der Waals surface area (Å²) in [5.41, 5.74) is 4.65. The van der Waals surface area contributed by atoms with E-state index in [1.54, 1.807) is 4.68 Å². The standard InChI is InChI=1S/C20H27N5O4S/c1-4-25-15(12-24(2)3)11-17(22-25)30(27,28)23-20(26)21-18-16-7-5-6-13(16)10-14-8-9-29-19(14)18/h10-11H,4-9,12H2,1-3H3,(H2,21,23,26). The number of amides is 2. The van der Waals surface area contributed by atoms with Gasteiger partial charge in [0.15, 0.2) is 5.03 Å². The van der Waals surface area contributed by atoms with Gasteiger partial charge in [0.2, 0.25) is 0 Å². The van der Waals surface area contributed by atoms with E-state index in [1.807, 2.05) is 25.9 Å². The van der Waals surface area contributed by atoms with Crippen LogP contribution in [0.4, 0.5) is 10.5 Å². The van der Waals surface area contributed by atoms with Crippen LogP contribution in [0.15, 0.2) is 17.2 Å². The molecular formula is C20H27N5O4S. The van der Waals surface area contributed by atoms with Crippen molar-refractivity contribution in [2.24, 2.45) is 0 Å². The van der Waals surface area contributed by atoms with Crippen LogP contribution in [0.2, 0.25) is 0 Å². The molecule has 0 unspecified atom stereocenters. The Bertz CT molecular complexity index is 1060. The maximum atomic E-state index is 12.8. The molecule has 0 radical (unpaired) electrons. The van der Waals surface area contributed by atoms with Crippen LogP contribution in [0, 0.1) is 0 Å². The van der Waals surface area contributed by atoms with Crippen molar-refractivity contribution in [3.05, 3.63) is 34.5 Å². The Labute approximate surface area is 176 Å². The van der Waals surface area contributed by atoms with Gasteiger partial charge in [0, 0.05) is 25.6 Å². The number of carbonyl (C=O) groups is 1. The molecule has 1 aliphatic heterocycles. The molecule has 2 heterocycles. The Kier molecular flexibility index (Phi) is 5.46. The van der Waals surface area contributed by atoms with Gasteiger partial charge in [0.25, 0.3) is 10.0 Å². The molecule has 10 heteroatoms. The Balaban J connectivity index is 1.56. The SMILES string of the molecule is CCn1nc(S(=O)(=O)NC(=O)Nc2c3c(cc4c2OCC4)CCC3)cc1CN(C)C. The summed E-state index contributed by atoms with van der Waals surface area (Å²) in [6.45, 7) is 3.53. The van der Waals surface area contributed by atoms with Gasteiger partial charge in [-0.05, 0) is 57.0 Å². The largest absolute Gasteiger partial charge is 0.491 e. The smallest absolute Gasteiger partial charge is 0.333 e. The number of hydrogen-bond acceptors (Lipinski definition) is 6. The molecule has 0 saturated heterocycles. The zero-order valence-electron chi connectivity index (χ0n) is 17.5. The highest BCUT2D eigenvalue weighted by Crippen LogP contribution is 2.42. The minimum atomic E-state index is -4.11. The summed E-state index contributed by atoms with van der Waals surface area (Å²) >= 11 is 0. The number of sulfonamides is 1. The number of nitrogens with zero attached hydrogens (tertiary/aromatic N) is 3. The minimum Gasteiger partial charge on any atom is -0.491 e. The monoisotopic (exact) mass is 433 g/mol. The second-order valence-electron chi connectivity index (χ2n) is 7.92. The van der Waals surface area contributed by atoms with Crippen molar-refractivity contribution >= 4 is 21.7 Å². The molecule has 2 amide bonds. The van der Waals surface area contributed by atoms with Gasteiger partial charge in [0.05, 0.1) is 18.0 Å². The van der Waals surface area contributed by atoms with E-state index in [1.165, 1.54) is 11.6 Å². The molecule has 0 saturated carbocycles. The van der Waals surface area contributed by atoms with Crippen LogP contribution >= 0.6 is 0 Å². The average molecular weight is 434 g/mol. The van der Waals surface area contributed by atoms with Gasteiger partial charge < -0.3 is 15.0 Å². The second kappa shape index (κ2) is 7.92. The van der Waals surface area contributed by atoms with Crippen molar-refractivity contribution < 1.29 is 17.9 Å². The number of anilines is 1. The Hall–Kier alpha value is -2.59. The highest BCUT2D eigenvalue weighted by Gasteiger charge is 2.28. The van der Waals surface area contributed by atoms with Gasteiger partial charge in [-0.2, -0.15) is 13.5 Å². The number of urea groups is 1. The molecule has 9 nitrogen and oxygen atoms in total. The van der Waals surface area contributed by atoms with E-state index in [4.69, 9.17) is 4.74 Å². The number of benzene rings is 1. The van der Waals surface area contributed by atoms with Crippen molar-refractivity contribution in [3.8, 4) is 5.75 Å². The summed E-state index contributed by atoms with van der Waals surface area (Å²) in [4.78, 5) is 14.6. The van der Waals surface area contributed by atoms with Gasteiger partial charge in [0.1, 0.15) is 5.75 Å². The molecule has 4 rings (SSSR count). The first-order valence-corrected chi connectivity index (χ1v) is 11.6. The highest BCUT2D eigenvalue weighted by atomic mass is 32.2. The number of fused-ring (bicyclic) bond motifs is 2. The van der Waals surface area contributed by atoms with E-state index in [0.29, 0.717) is 31.1 Å². The Morgan fingerprint density at radius 1 is 1.23 bits per heavy atom. The quantitative estimate of drug-likeness (QED) is 0.721. The molecule has 1 aromatic heterocycles. The first-order valence-electron chi connectivity index (χ1n) is 10.1. The van der Waals surface area contributed by atoms with E-state index < -0.39 is 16.1 Å². The van der Waals surface area contributed by atoms with Crippen LogP contribution < -0.4 is 14.8 Å². The van der Waals surface area contributed by atoms with Crippen molar-refractivity contribution in [2.75, 3.05) is 26.0 Å². The summed E-state index contributed by atoms with van der Waals surface area (Å²) in [7, 11) is -0.320. The fourth-order valence-electron chi connectivity index (χ4n) is 4.13. The average Bonchev–Trinajstić information content (AvgIpc) is 3.39. The van der Waals surface area contributed by atoms with E-state index >= 15 is 0 Å². The number of carbonyl (C=O) groups excluding carboxylic acids is 1. The lowest BCUT2D eigenvalue weighted by molar-refractivity contribution is 0.256. The number of rotatable bonds is 6. The van der Waals surface area contributed by atoms with Crippen LogP contribution in [0.5, 0.6) is 5.75 Å². The molecule has 2 aromatic rings. The molecule has 30 heavy (non-hydrogen) atoms. The molecule has 0 spiro atoms. The van der Waals surface area contributed by atoms with Crippen molar-refractivity contribution in [1.82, 2.24) is 19.4 Å². The van der Waals surface area contributed by atoms with Gasteiger partial charge in [-0.15, -0.1) is 0 Å². The molecule has 1 aliphatic carbocycles. The fraction of sp³-hybridized carbons (Fsp3) is 0.500. The van der Waals surface area contributed by atoms with Crippen LogP contribution in [-0.2, 0) is 42.4 Å². The third kappa shape index (κ3) is 3.89. The summed E-state index contributed by atoms with van der Waals surface area (Å²) in [6.07, 6.45) is 3.60. The maximum absolute atomic E-state index is 12.8. The summed E-state index contributed by atoms with van der Waals surface area (Å²) < 4.78 is 35.0. The van der Waals surface area contributed by atoms with Crippen molar-refractivity contribution in [1.29, 1.82) is 0 Å². The lowest BCUT2D eigenvalue weighted by Crippen LogP contribution is -2.35. The lowest BCUT2D eigenvalue weighted by atomic mass is 10.0. The Morgan fingerprint density at radius 2 is 2.03 bits per heavy atom. The normalized spacial score (nSPS) is 15.1. The third-order valence-corrected chi connectivity index (χ3v) is 6.61. The molecule has 2 aliphatic rings. The molecule has 0 bridgehead atoms. The fourth-order valence-corrected chi connectivity index (χ4v) is 5.03. The second-order valence-corrected chi connectivity index (χ2v) is 9.55. The predicted octanol–water partition coefficient (Wildman–Crippen LogP) is 1.90. The first-order chi connectivity index (χ1) is 14.3. The maximum Gasteiger partial charge on any atom is 0.333 e. The van der Waals surface area contributed by atoms with Gasteiger partial charge in [-0.25, -0.2) is 9.52 Å². The highest BCUT2D eigenvalue weighted by molar-refractivity contribution is 7.90. The van der Waals surface area contributed by atoms with Gasteiger partial charge in [-0.3, -0.25) is 4.68 Å². The van der Waals surface area contributed by atoms with Crippen molar-refractivity contribution in [2.45, 2.75) is 50.7 Å². The summed E-state index contributed by atoms with van der Waals surface area (Å²) in [6, 6.07) is 2.84. The zero-order valence-corrected chi connectivity index (χ0v) is 18.3. The number of aryl methyl sites for hydroxylation is 2. The lowest BCUT2D eigenvalue weighted by Gasteiger charge is -2.15.